The van der Waals surface area contributed by atoms with Crippen molar-refractivity contribution in [2.75, 3.05) is 6.61 Å². The molecular weight excluding hydrogens is 156 g/mol. The molecule has 1 aliphatic rings. The van der Waals surface area contributed by atoms with Gasteiger partial charge < -0.3 is 9.47 Å². The van der Waals surface area contributed by atoms with Crippen molar-refractivity contribution in [2.45, 2.75) is 12.4 Å². The third-order valence-corrected chi connectivity index (χ3v) is 1.58. The Morgan fingerprint density at radius 1 is 1.42 bits per heavy atom. The minimum Gasteiger partial charge on any atom is -0.345 e. The van der Waals surface area contributed by atoms with E-state index in [0.29, 0.717) is 6.29 Å². The topological polar surface area (TPSA) is 35.5 Å². The fraction of sp³-hybridized carbons (Fsp3) is 0.444. The van der Waals surface area contributed by atoms with Gasteiger partial charge in [-0.3, -0.25) is 4.79 Å². The highest BCUT2D eigenvalue weighted by Crippen LogP contribution is 2.16. The van der Waals surface area contributed by atoms with E-state index >= 15 is 0 Å². The highest BCUT2D eigenvalue weighted by Gasteiger charge is 2.28. The van der Waals surface area contributed by atoms with Crippen molar-refractivity contribution in [3.63, 3.8) is 0 Å². The smallest absolute Gasteiger partial charge is 0.215 e. The monoisotopic (exact) mass is 164 g/mol. The second-order valence-electron chi connectivity index (χ2n) is 2.33. The van der Waals surface area contributed by atoms with Crippen LogP contribution >= 0.6 is 0 Å². The average Bonchev–Trinajstić information content (AvgIpc) is 2.16. The van der Waals surface area contributed by atoms with Crippen molar-refractivity contribution in [1.82, 2.24) is 0 Å². The molecule has 0 aromatic carbocycles. The van der Waals surface area contributed by atoms with Gasteiger partial charge in [0.05, 0.1) is 12.5 Å². The Balaban J connectivity index is 2.62. The van der Waals surface area contributed by atoms with E-state index in [2.05, 4.69) is 11.8 Å². The van der Waals surface area contributed by atoms with Crippen molar-refractivity contribution in [2.24, 2.45) is 5.92 Å². The first kappa shape index (κ1) is 8.80. The van der Waals surface area contributed by atoms with Crippen LogP contribution in [0, 0.1) is 30.6 Å². The molecule has 0 saturated carbocycles. The molecule has 3 unspecified atom stereocenters. The van der Waals surface area contributed by atoms with Crippen LogP contribution in [0.5, 0.6) is 0 Å². The lowest BCUT2D eigenvalue weighted by Gasteiger charge is -2.28. The van der Waals surface area contributed by atoms with E-state index in [4.69, 9.17) is 22.3 Å². The van der Waals surface area contributed by atoms with Crippen LogP contribution < -0.4 is 0 Å². The largest absolute Gasteiger partial charge is 0.345 e. The van der Waals surface area contributed by atoms with E-state index in [1.165, 1.54) is 0 Å². The fourth-order valence-corrected chi connectivity index (χ4v) is 0.927. The van der Waals surface area contributed by atoms with E-state index in [-0.39, 0.29) is 12.5 Å². The van der Waals surface area contributed by atoms with Gasteiger partial charge in [0, 0.05) is 0 Å². The predicted molar refractivity (Wildman–Crippen MR) is 41.8 cm³/mol. The summed E-state index contributed by atoms with van der Waals surface area (Å²) in [7, 11) is 0. The van der Waals surface area contributed by atoms with Crippen molar-refractivity contribution in [3.8, 4) is 24.7 Å². The molecule has 0 aromatic rings. The van der Waals surface area contributed by atoms with Crippen molar-refractivity contribution in [1.29, 1.82) is 0 Å². The van der Waals surface area contributed by atoms with E-state index in [1.54, 1.807) is 0 Å². The number of hydrogen-bond donors (Lipinski definition) is 0. The maximum atomic E-state index is 10.2. The number of carbonyl (C=O) groups excluding carboxylic acids is 1. The Morgan fingerprint density at radius 3 is 2.67 bits per heavy atom. The van der Waals surface area contributed by atoms with Crippen LogP contribution in [0.1, 0.15) is 0 Å². The third kappa shape index (κ3) is 1.65. The minimum atomic E-state index is -0.865. The highest BCUT2D eigenvalue weighted by molar-refractivity contribution is 5.54. The Labute approximate surface area is 71.0 Å². The maximum absolute atomic E-state index is 10.2. The first-order chi connectivity index (χ1) is 5.81. The Hall–Kier alpha value is -1.29. The summed E-state index contributed by atoms with van der Waals surface area (Å²) in [5.41, 5.74) is 0. The number of carbonyl (C=O) groups is 1. The summed E-state index contributed by atoms with van der Waals surface area (Å²) < 4.78 is 9.95. The van der Waals surface area contributed by atoms with E-state index < -0.39 is 12.4 Å². The summed E-state index contributed by atoms with van der Waals surface area (Å²) >= 11 is 0. The summed E-state index contributed by atoms with van der Waals surface area (Å²) in [6.07, 6.45) is 9.48. The van der Waals surface area contributed by atoms with Gasteiger partial charge in [0.2, 0.25) is 6.29 Å². The standard InChI is InChI=1S/C9H8O3/c1-3-7-6-11-9(5-10)12-8(7)4-2/h1-2,5,7-9H,6H2. The molecule has 0 spiro atoms. The number of rotatable bonds is 1. The van der Waals surface area contributed by atoms with Crippen LogP contribution in [0.2, 0.25) is 0 Å². The van der Waals surface area contributed by atoms with Crippen molar-refractivity contribution >= 4 is 6.29 Å². The average molecular weight is 164 g/mol. The highest BCUT2D eigenvalue weighted by atomic mass is 16.7. The fourth-order valence-electron chi connectivity index (χ4n) is 0.927. The number of ether oxygens (including phenoxy) is 2. The second kappa shape index (κ2) is 3.92. The van der Waals surface area contributed by atoms with E-state index in [9.17, 15) is 4.79 Å². The van der Waals surface area contributed by atoms with Gasteiger partial charge in [-0.05, 0) is 0 Å². The van der Waals surface area contributed by atoms with Crippen LogP contribution in [0.25, 0.3) is 0 Å². The van der Waals surface area contributed by atoms with E-state index in [1.807, 2.05) is 0 Å². The zero-order valence-corrected chi connectivity index (χ0v) is 6.40. The molecule has 0 N–H and O–H groups in total. The lowest BCUT2D eigenvalue weighted by atomic mass is 10.0. The number of aldehydes is 1. The van der Waals surface area contributed by atoms with Gasteiger partial charge in [-0.25, -0.2) is 0 Å². The molecule has 1 fully saturated rings. The normalized spacial score (nSPS) is 34.7. The predicted octanol–water partition coefficient (Wildman–Crippen LogP) is -0.191. The first-order valence-electron chi connectivity index (χ1n) is 3.46. The second-order valence-corrected chi connectivity index (χ2v) is 2.33. The molecule has 0 aliphatic carbocycles. The van der Waals surface area contributed by atoms with Crippen LogP contribution in [0.4, 0.5) is 0 Å². The number of hydrogen-bond acceptors (Lipinski definition) is 3. The summed E-state index contributed by atoms with van der Waals surface area (Å²) in [5, 5.41) is 0. The molecule has 1 rings (SSSR count). The molecule has 0 aromatic heterocycles. The molecule has 1 aliphatic heterocycles. The molecule has 3 heteroatoms. The lowest BCUT2D eigenvalue weighted by molar-refractivity contribution is -0.201. The molecule has 0 bridgehead atoms. The summed E-state index contributed by atoms with van der Waals surface area (Å²) in [6, 6.07) is 0. The third-order valence-electron chi connectivity index (χ3n) is 1.58. The SMILES string of the molecule is C#CC1COC(C=O)OC1C#C. The quantitative estimate of drug-likeness (QED) is 0.398. The minimum absolute atomic E-state index is 0.258. The van der Waals surface area contributed by atoms with Crippen LogP contribution in [0.15, 0.2) is 0 Å². The molecule has 0 radical (unpaired) electrons. The van der Waals surface area contributed by atoms with Gasteiger partial charge in [-0.2, -0.15) is 0 Å². The zero-order valence-electron chi connectivity index (χ0n) is 6.40. The molecular formula is C9H8O3. The van der Waals surface area contributed by atoms with Gasteiger partial charge in [-0.15, -0.1) is 12.8 Å². The van der Waals surface area contributed by atoms with Gasteiger partial charge in [-0.1, -0.05) is 11.8 Å². The van der Waals surface area contributed by atoms with Gasteiger partial charge in [0.25, 0.3) is 0 Å². The summed E-state index contributed by atoms with van der Waals surface area (Å²) in [5.74, 6) is 4.55. The van der Waals surface area contributed by atoms with Crippen LogP contribution in [-0.4, -0.2) is 25.3 Å². The van der Waals surface area contributed by atoms with Gasteiger partial charge >= 0.3 is 0 Å². The number of terminal acetylenes is 2. The molecule has 1 heterocycles. The van der Waals surface area contributed by atoms with Crippen LogP contribution in [0.3, 0.4) is 0 Å². The molecule has 1 saturated heterocycles. The molecule has 0 amide bonds. The Kier molecular flexibility index (Phi) is 2.88. The molecule has 12 heavy (non-hydrogen) atoms. The molecule has 62 valence electrons. The van der Waals surface area contributed by atoms with Gasteiger partial charge in [0.15, 0.2) is 6.29 Å². The van der Waals surface area contributed by atoms with Crippen LogP contribution in [-0.2, 0) is 14.3 Å². The van der Waals surface area contributed by atoms with Crippen molar-refractivity contribution in [3.05, 3.63) is 0 Å². The van der Waals surface area contributed by atoms with Crippen molar-refractivity contribution < 1.29 is 14.3 Å². The molecule has 3 nitrogen and oxygen atoms in total. The Morgan fingerprint density at radius 2 is 2.17 bits per heavy atom. The summed E-state index contributed by atoms with van der Waals surface area (Å²) in [6.45, 7) is 0.273. The lowest BCUT2D eigenvalue weighted by Crippen LogP contribution is -2.39. The summed E-state index contributed by atoms with van der Waals surface area (Å²) in [4.78, 5) is 10.2. The zero-order chi connectivity index (χ0) is 8.97. The molecule has 3 atom stereocenters. The first-order valence-corrected chi connectivity index (χ1v) is 3.46. The maximum Gasteiger partial charge on any atom is 0.215 e. The van der Waals surface area contributed by atoms with Gasteiger partial charge in [0.1, 0.15) is 6.10 Å². The van der Waals surface area contributed by atoms with E-state index in [0.717, 1.165) is 0 Å². The Bertz CT molecular complexity index is 245.